The molecule has 0 radical (unpaired) electrons. The molecule has 1 aliphatic heterocycles. The van der Waals surface area contributed by atoms with Crippen molar-refractivity contribution >= 4 is 11.8 Å². The number of nitrogens with zero attached hydrogens (tertiary/aromatic N) is 1. The summed E-state index contributed by atoms with van der Waals surface area (Å²) >= 11 is 0. The van der Waals surface area contributed by atoms with Gasteiger partial charge in [0.25, 0.3) is 0 Å². The SMILES string of the molecule is CNC(=O)C1CCCN(C(=O)CC(N)C(C)C)C1. The van der Waals surface area contributed by atoms with Gasteiger partial charge in [0.2, 0.25) is 11.8 Å². The lowest BCUT2D eigenvalue weighted by atomic mass is 9.95. The van der Waals surface area contributed by atoms with Crippen molar-refractivity contribution in [2.45, 2.75) is 39.2 Å². The van der Waals surface area contributed by atoms with Gasteiger partial charge < -0.3 is 16.0 Å². The Bertz CT molecular complexity index is 305. The van der Waals surface area contributed by atoms with Crippen molar-refractivity contribution in [2.75, 3.05) is 20.1 Å². The largest absolute Gasteiger partial charge is 0.359 e. The summed E-state index contributed by atoms with van der Waals surface area (Å²) in [5.41, 5.74) is 5.92. The molecule has 3 N–H and O–H groups in total. The van der Waals surface area contributed by atoms with E-state index in [2.05, 4.69) is 5.32 Å². The van der Waals surface area contributed by atoms with Crippen LogP contribution in [-0.2, 0) is 9.59 Å². The molecule has 0 aliphatic carbocycles. The van der Waals surface area contributed by atoms with Gasteiger partial charge in [0, 0.05) is 32.6 Å². The van der Waals surface area contributed by atoms with Crippen LogP contribution < -0.4 is 11.1 Å². The van der Waals surface area contributed by atoms with Gasteiger partial charge in [-0.1, -0.05) is 13.8 Å². The Kier molecular flexibility index (Phi) is 5.59. The summed E-state index contributed by atoms with van der Waals surface area (Å²) in [6.07, 6.45) is 2.12. The van der Waals surface area contributed by atoms with Crippen molar-refractivity contribution in [3.8, 4) is 0 Å². The number of piperidine rings is 1. The zero-order chi connectivity index (χ0) is 13.7. The number of likely N-dealkylation sites (tertiary alicyclic amines) is 1. The molecule has 18 heavy (non-hydrogen) atoms. The molecule has 5 nitrogen and oxygen atoms in total. The van der Waals surface area contributed by atoms with Crippen molar-refractivity contribution in [2.24, 2.45) is 17.6 Å². The van der Waals surface area contributed by atoms with Gasteiger partial charge in [0.1, 0.15) is 0 Å². The molecule has 2 atom stereocenters. The number of carbonyl (C=O) groups is 2. The first kappa shape index (κ1) is 15.0. The fourth-order valence-corrected chi connectivity index (χ4v) is 2.19. The Balaban J connectivity index is 2.50. The molecule has 0 aromatic heterocycles. The van der Waals surface area contributed by atoms with E-state index in [1.54, 1.807) is 11.9 Å². The number of hydrogen-bond donors (Lipinski definition) is 2. The highest BCUT2D eigenvalue weighted by Crippen LogP contribution is 2.18. The zero-order valence-corrected chi connectivity index (χ0v) is 11.6. The average Bonchev–Trinajstić information content (AvgIpc) is 2.37. The molecule has 0 aromatic carbocycles. The molecule has 2 unspecified atom stereocenters. The van der Waals surface area contributed by atoms with E-state index in [9.17, 15) is 9.59 Å². The topological polar surface area (TPSA) is 75.4 Å². The van der Waals surface area contributed by atoms with E-state index in [1.165, 1.54) is 0 Å². The van der Waals surface area contributed by atoms with Crippen molar-refractivity contribution in [3.63, 3.8) is 0 Å². The predicted molar refractivity (Wildman–Crippen MR) is 70.8 cm³/mol. The van der Waals surface area contributed by atoms with Crippen LogP contribution in [-0.4, -0.2) is 42.9 Å². The van der Waals surface area contributed by atoms with Crippen LogP contribution in [0.1, 0.15) is 33.1 Å². The van der Waals surface area contributed by atoms with Crippen LogP contribution in [0.5, 0.6) is 0 Å². The standard InChI is InChI=1S/C13H25N3O2/c1-9(2)11(14)7-12(17)16-6-4-5-10(8-16)13(18)15-3/h9-11H,4-8,14H2,1-3H3,(H,15,18). The number of nitrogens with one attached hydrogen (secondary N) is 1. The highest BCUT2D eigenvalue weighted by Gasteiger charge is 2.28. The molecule has 1 fully saturated rings. The average molecular weight is 255 g/mol. The van der Waals surface area contributed by atoms with E-state index in [4.69, 9.17) is 5.73 Å². The molecule has 5 heteroatoms. The normalized spacial score (nSPS) is 21.8. The van der Waals surface area contributed by atoms with E-state index in [0.717, 1.165) is 19.4 Å². The van der Waals surface area contributed by atoms with Gasteiger partial charge in [0.15, 0.2) is 0 Å². The lowest BCUT2D eigenvalue weighted by molar-refractivity contribution is -0.136. The van der Waals surface area contributed by atoms with E-state index in [0.29, 0.717) is 18.9 Å². The highest BCUT2D eigenvalue weighted by molar-refractivity contribution is 5.81. The number of amides is 2. The number of nitrogens with two attached hydrogens (primary N) is 1. The predicted octanol–water partition coefficient (Wildman–Crippen LogP) is 0.344. The van der Waals surface area contributed by atoms with Gasteiger partial charge in [-0.3, -0.25) is 9.59 Å². The van der Waals surface area contributed by atoms with E-state index >= 15 is 0 Å². The fourth-order valence-electron chi connectivity index (χ4n) is 2.19. The third-order valence-electron chi connectivity index (χ3n) is 3.66. The molecular formula is C13H25N3O2. The smallest absolute Gasteiger partial charge is 0.224 e. The summed E-state index contributed by atoms with van der Waals surface area (Å²) in [5.74, 6) is 0.335. The molecular weight excluding hydrogens is 230 g/mol. The van der Waals surface area contributed by atoms with Crippen molar-refractivity contribution < 1.29 is 9.59 Å². The van der Waals surface area contributed by atoms with Crippen LogP contribution in [0, 0.1) is 11.8 Å². The second-order valence-corrected chi connectivity index (χ2v) is 5.41. The summed E-state index contributed by atoms with van der Waals surface area (Å²) < 4.78 is 0. The van der Waals surface area contributed by atoms with Gasteiger partial charge in [-0.05, 0) is 18.8 Å². The Hall–Kier alpha value is -1.10. The monoisotopic (exact) mass is 255 g/mol. The fraction of sp³-hybridized carbons (Fsp3) is 0.846. The molecule has 0 bridgehead atoms. The Morgan fingerprint density at radius 1 is 1.44 bits per heavy atom. The molecule has 104 valence electrons. The molecule has 2 amide bonds. The Labute approximate surface area is 109 Å². The molecule has 0 aromatic rings. The minimum atomic E-state index is -0.0992. The minimum absolute atomic E-state index is 0.0284. The first-order valence-electron chi connectivity index (χ1n) is 6.70. The van der Waals surface area contributed by atoms with Gasteiger partial charge in [-0.2, -0.15) is 0 Å². The summed E-state index contributed by atoms with van der Waals surface area (Å²) in [6, 6.07) is -0.0992. The van der Waals surface area contributed by atoms with Gasteiger partial charge in [0.05, 0.1) is 5.92 Å². The number of hydrogen-bond acceptors (Lipinski definition) is 3. The highest BCUT2D eigenvalue weighted by atomic mass is 16.2. The molecule has 1 rings (SSSR count). The zero-order valence-electron chi connectivity index (χ0n) is 11.6. The lowest BCUT2D eigenvalue weighted by Crippen LogP contribution is -2.46. The van der Waals surface area contributed by atoms with Crippen LogP contribution in [0.3, 0.4) is 0 Å². The lowest BCUT2D eigenvalue weighted by Gasteiger charge is -2.32. The summed E-state index contributed by atoms with van der Waals surface area (Å²) in [4.78, 5) is 25.5. The van der Waals surface area contributed by atoms with E-state index < -0.39 is 0 Å². The molecule has 0 spiro atoms. The van der Waals surface area contributed by atoms with Crippen LogP contribution in [0.4, 0.5) is 0 Å². The summed E-state index contributed by atoms with van der Waals surface area (Å²) in [6.45, 7) is 5.31. The van der Waals surface area contributed by atoms with Gasteiger partial charge in [-0.15, -0.1) is 0 Å². The first-order valence-corrected chi connectivity index (χ1v) is 6.70. The Morgan fingerprint density at radius 2 is 2.11 bits per heavy atom. The second-order valence-electron chi connectivity index (χ2n) is 5.41. The number of carbonyl (C=O) groups excluding carboxylic acids is 2. The van der Waals surface area contributed by atoms with Crippen LogP contribution >= 0.6 is 0 Å². The first-order chi connectivity index (χ1) is 8.45. The van der Waals surface area contributed by atoms with Crippen molar-refractivity contribution in [3.05, 3.63) is 0 Å². The van der Waals surface area contributed by atoms with Crippen LogP contribution in [0.15, 0.2) is 0 Å². The maximum Gasteiger partial charge on any atom is 0.224 e. The van der Waals surface area contributed by atoms with E-state index in [1.807, 2.05) is 13.8 Å². The van der Waals surface area contributed by atoms with Crippen LogP contribution in [0.25, 0.3) is 0 Å². The Morgan fingerprint density at radius 3 is 2.67 bits per heavy atom. The summed E-state index contributed by atoms with van der Waals surface area (Å²) in [5, 5.41) is 2.65. The van der Waals surface area contributed by atoms with Gasteiger partial charge >= 0.3 is 0 Å². The molecule has 1 heterocycles. The maximum absolute atomic E-state index is 12.1. The maximum atomic E-state index is 12.1. The third-order valence-corrected chi connectivity index (χ3v) is 3.66. The second kappa shape index (κ2) is 6.73. The van der Waals surface area contributed by atoms with E-state index in [-0.39, 0.29) is 23.8 Å². The van der Waals surface area contributed by atoms with Crippen molar-refractivity contribution in [1.29, 1.82) is 0 Å². The molecule has 1 aliphatic rings. The summed E-state index contributed by atoms with van der Waals surface area (Å²) in [7, 11) is 1.64. The minimum Gasteiger partial charge on any atom is -0.359 e. The quantitative estimate of drug-likeness (QED) is 0.761. The molecule has 1 saturated heterocycles. The van der Waals surface area contributed by atoms with Crippen LogP contribution in [0.2, 0.25) is 0 Å². The number of rotatable bonds is 4. The van der Waals surface area contributed by atoms with Gasteiger partial charge in [-0.25, -0.2) is 0 Å². The van der Waals surface area contributed by atoms with Crippen molar-refractivity contribution in [1.82, 2.24) is 10.2 Å². The molecule has 0 saturated carbocycles. The third kappa shape index (κ3) is 3.98.